The predicted octanol–water partition coefficient (Wildman–Crippen LogP) is 5.76. The first-order chi connectivity index (χ1) is 13.3. The molecule has 1 rings (SSSR count). The van der Waals surface area contributed by atoms with Gasteiger partial charge in [0.25, 0.3) is 10.0 Å². The summed E-state index contributed by atoms with van der Waals surface area (Å²) in [6.07, 6.45) is 10.8. The summed E-state index contributed by atoms with van der Waals surface area (Å²) < 4.78 is 26.6. The molecule has 0 aromatic heterocycles. The number of nitrogens with one attached hydrogen (secondary N) is 1. The third-order valence-corrected chi connectivity index (χ3v) is 6.85. The molecule has 0 unspecified atom stereocenters. The smallest absolute Gasteiger partial charge is 0.331 e. The number of nitrogens with zero attached hydrogens (tertiary/aromatic N) is 1. The number of unbranched alkanes of at least 4 members (excludes halogenated alkanes) is 7. The number of urea groups is 1. The first-order valence-corrected chi connectivity index (χ1v) is 12.2. The number of halogens is 1. The van der Waals surface area contributed by atoms with Gasteiger partial charge in [-0.25, -0.2) is 17.5 Å². The highest BCUT2D eigenvalue weighted by atomic mass is 35.5. The van der Waals surface area contributed by atoms with E-state index in [2.05, 4.69) is 12.2 Å². The molecule has 0 saturated heterocycles. The molecular formula is C21H35ClN2O3S. The molecule has 0 atom stereocenters. The third-order valence-electron chi connectivity index (χ3n) is 4.77. The van der Waals surface area contributed by atoms with Crippen LogP contribution >= 0.6 is 11.6 Å². The Morgan fingerprint density at radius 2 is 1.61 bits per heavy atom. The average Bonchev–Trinajstić information content (AvgIpc) is 2.67. The Morgan fingerprint density at radius 3 is 2.21 bits per heavy atom. The summed E-state index contributed by atoms with van der Waals surface area (Å²) >= 11 is 6.10. The Kier molecular flexibility index (Phi) is 11.5. The SMILES string of the molecule is CCCCCCCCCCc1cc(Cl)ccc1S(=O)(=O)N(C)C(=O)NCCC. The molecule has 2 amide bonds. The maximum atomic E-state index is 12.9. The molecule has 0 aliphatic carbocycles. The van der Waals surface area contributed by atoms with Crippen molar-refractivity contribution >= 4 is 27.7 Å². The number of amides is 2. The molecule has 7 heteroatoms. The van der Waals surface area contributed by atoms with Gasteiger partial charge in [0.1, 0.15) is 0 Å². The van der Waals surface area contributed by atoms with E-state index in [9.17, 15) is 13.2 Å². The van der Waals surface area contributed by atoms with Crippen LogP contribution in [0.5, 0.6) is 0 Å². The molecule has 0 bridgehead atoms. The molecule has 1 N–H and O–H groups in total. The van der Waals surface area contributed by atoms with Gasteiger partial charge in [0.05, 0.1) is 4.90 Å². The normalized spacial score (nSPS) is 11.4. The lowest BCUT2D eigenvalue weighted by Gasteiger charge is -2.20. The van der Waals surface area contributed by atoms with Crippen LogP contribution in [-0.4, -0.2) is 32.3 Å². The maximum absolute atomic E-state index is 12.9. The number of benzene rings is 1. The Hall–Kier alpha value is -1.27. The molecule has 5 nitrogen and oxygen atoms in total. The van der Waals surface area contributed by atoms with Crippen LogP contribution in [0.2, 0.25) is 5.02 Å². The van der Waals surface area contributed by atoms with Crippen LogP contribution in [0, 0.1) is 0 Å². The zero-order valence-corrected chi connectivity index (χ0v) is 19.0. The van der Waals surface area contributed by atoms with E-state index in [1.807, 2.05) is 6.92 Å². The minimum atomic E-state index is -3.91. The van der Waals surface area contributed by atoms with Gasteiger partial charge < -0.3 is 5.32 Å². The summed E-state index contributed by atoms with van der Waals surface area (Å²) in [4.78, 5) is 12.3. The number of rotatable bonds is 13. The van der Waals surface area contributed by atoms with Crippen LogP contribution in [-0.2, 0) is 16.4 Å². The number of carbonyl (C=O) groups excluding carboxylic acids is 1. The molecular weight excluding hydrogens is 396 g/mol. The van der Waals surface area contributed by atoms with E-state index < -0.39 is 16.1 Å². The van der Waals surface area contributed by atoms with Crippen LogP contribution in [0.4, 0.5) is 4.79 Å². The van der Waals surface area contributed by atoms with Crippen molar-refractivity contribution in [3.63, 3.8) is 0 Å². The fourth-order valence-electron chi connectivity index (χ4n) is 3.04. The lowest BCUT2D eigenvalue weighted by molar-refractivity contribution is 0.228. The van der Waals surface area contributed by atoms with Crippen molar-refractivity contribution in [3.05, 3.63) is 28.8 Å². The molecule has 160 valence electrons. The topological polar surface area (TPSA) is 66.5 Å². The van der Waals surface area contributed by atoms with Gasteiger partial charge in [0, 0.05) is 18.6 Å². The van der Waals surface area contributed by atoms with E-state index >= 15 is 0 Å². The molecule has 0 heterocycles. The highest BCUT2D eigenvalue weighted by Gasteiger charge is 2.27. The van der Waals surface area contributed by atoms with Gasteiger partial charge in [0.2, 0.25) is 0 Å². The van der Waals surface area contributed by atoms with Crippen molar-refractivity contribution in [3.8, 4) is 0 Å². The van der Waals surface area contributed by atoms with E-state index in [0.29, 0.717) is 23.6 Å². The summed E-state index contributed by atoms with van der Waals surface area (Å²) in [6, 6.07) is 4.15. The van der Waals surface area contributed by atoms with Crippen LogP contribution in [0.1, 0.15) is 77.2 Å². The minimum Gasteiger partial charge on any atom is -0.337 e. The highest BCUT2D eigenvalue weighted by Crippen LogP contribution is 2.25. The number of hydrogen-bond acceptors (Lipinski definition) is 3. The molecule has 0 aliphatic heterocycles. The van der Waals surface area contributed by atoms with Gasteiger partial charge in [-0.05, 0) is 43.0 Å². The highest BCUT2D eigenvalue weighted by molar-refractivity contribution is 7.89. The number of carbonyl (C=O) groups is 1. The van der Waals surface area contributed by atoms with Crippen LogP contribution in [0.3, 0.4) is 0 Å². The summed E-state index contributed by atoms with van der Waals surface area (Å²) in [6.45, 7) is 4.56. The van der Waals surface area contributed by atoms with Crippen molar-refractivity contribution in [1.29, 1.82) is 0 Å². The molecule has 0 radical (unpaired) electrons. The Balaban J connectivity index is 2.73. The molecule has 0 aliphatic rings. The second-order valence-corrected chi connectivity index (χ2v) is 9.56. The van der Waals surface area contributed by atoms with Crippen molar-refractivity contribution < 1.29 is 13.2 Å². The molecule has 0 saturated carbocycles. The van der Waals surface area contributed by atoms with Crippen LogP contribution < -0.4 is 5.32 Å². The summed E-state index contributed by atoms with van der Waals surface area (Å²) in [5, 5.41) is 3.11. The van der Waals surface area contributed by atoms with Crippen molar-refractivity contribution in [1.82, 2.24) is 9.62 Å². The monoisotopic (exact) mass is 430 g/mol. The Labute approximate surface area is 175 Å². The summed E-state index contributed by atoms with van der Waals surface area (Å²) in [5.74, 6) is 0. The minimum absolute atomic E-state index is 0.161. The van der Waals surface area contributed by atoms with Gasteiger partial charge in [-0.1, -0.05) is 70.4 Å². The predicted molar refractivity (Wildman–Crippen MR) is 116 cm³/mol. The zero-order chi connectivity index (χ0) is 21.0. The summed E-state index contributed by atoms with van der Waals surface area (Å²) in [7, 11) is -2.62. The number of sulfonamides is 1. The lowest BCUT2D eigenvalue weighted by atomic mass is 10.0. The quantitative estimate of drug-likeness (QED) is 0.404. The van der Waals surface area contributed by atoms with Crippen molar-refractivity contribution in [2.45, 2.75) is 83.0 Å². The van der Waals surface area contributed by atoms with E-state index in [4.69, 9.17) is 11.6 Å². The molecule has 0 fully saturated rings. The molecule has 1 aromatic carbocycles. The number of hydrogen-bond donors (Lipinski definition) is 1. The summed E-state index contributed by atoms with van der Waals surface area (Å²) in [5.41, 5.74) is 0.675. The number of aryl methyl sites for hydroxylation is 1. The fourth-order valence-corrected chi connectivity index (χ4v) is 4.55. The first kappa shape index (κ1) is 24.8. The van der Waals surface area contributed by atoms with E-state index in [1.54, 1.807) is 12.1 Å². The zero-order valence-electron chi connectivity index (χ0n) is 17.5. The average molecular weight is 431 g/mol. The van der Waals surface area contributed by atoms with Gasteiger partial charge in [-0.3, -0.25) is 0 Å². The fraction of sp³-hybridized carbons (Fsp3) is 0.667. The Morgan fingerprint density at radius 1 is 1.00 bits per heavy atom. The lowest BCUT2D eigenvalue weighted by Crippen LogP contribution is -2.41. The van der Waals surface area contributed by atoms with Gasteiger partial charge >= 0.3 is 6.03 Å². The van der Waals surface area contributed by atoms with E-state index in [-0.39, 0.29) is 4.90 Å². The molecule has 28 heavy (non-hydrogen) atoms. The Bertz CT molecular complexity index is 708. The maximum Gasteiger partial charge on any atom is 0.331 e. The largest absolute Gasteiger partial charge is 0.337 e. The standard InChI is InChI=1S/C21H35ClN2O3S/c1-4-6-7-8-9-10-11-12-13-18-17-19(22)14-15-20(18)28(26,27)24(3)21(25)23-16-5-2/h14-15,17H,4-13,16H2,1-3H3,(H,23,25). The third kappa shape index (κ3) is 8.00. The first-order valence-electron chi connectivity index (χ1n) is 10.4. The van der Waals surface area contributed by atoms with Gasteiger partial charge in [-0.15, -0.1) is 0 Å². The van der Waals surface area contributed by atoms with Crippen LogP contribution in [0.25, 0.3) is 0 Å². The van der Waals surface area contributed by atoms with Crippen LogP contribution in [0.15, 0.2) is 23.1 Å². The molecule has 0 spiro atoms. The van der Waals surface area contributed by atoms with Crippen molar-refractivity contribution in [2.75, 3.05) is 13.6 Å². The second-order valence-electron chi connectivity index (χ2n) is 7.18. The van der Waals surface area contributed by atoms with Gasteiger partial charge in [-0.2, -0.15) is 0 Å². The molecule has 1 aromatic rings. The van der Waals surface area contributed by atoms with Gasteiger partial charge in [0.15, 0.2) is 0 Å². The second kappa shape index (κ2) is 13.0. The van der Waals surface area contributed by atoms with E-state index in [0.717, 1.165) is 30.0 Å². The van der Waals surface area contributed by atoms with Crippen molar-refractivity contribution in [2.24, 2.45) is 0 Å². The van der Waals surface area contributed by atoms with E-state index in [1.165, 1.54) is 45.2 Å².